The Morgan fingerprint density at radius 3 is 3.15 bits per heavy atom. The Morgan fingerprint density at radius 1 is 1.85 bits per heavy atom. The maximum Gasteiger partial charge on any atom is 0.305 e. The van der Waals surface area contributed by atoms with Crippen molar-refractivity contribution in [1.82, 2.24) is 5.32 Å². The summed E-state index contributed by atoms with van der Waals surface area (Å²) in [5, 5.41) is 5.10. The molecule has 0 aliphatic carbocycles. The van der Waals surface area contributed by atoms with Gasteiger partial charge in [0.05, 0.1) is 7.11 Å². The molecule has 1 unspecified atom stereocenters. The molecule has 1 heterocycles. The largest absolute Gasteiger partial charge is 0.469 e. The third kappa shape index (κ3) is 3.69. The first-order valence-electron chi connectivity index (χ1n) is 4.16. The second kappa shape index (κ2) is 5.14. The number of hydrogen-bond donors (Lipinski definition) is 2. The van der Waals surface area contributed by atoms with Crippen molar-refractivity contribution in [3.63, 3.8) is 0 Å². The van der Waals surface area contributed by atoms with Crippen molar-refractivity contribution in [1.29, 1.82) is 0 Å². The van der Waals surface area contributed by atoms with Crippen molar-refractivity contribution in [3.05, 3.63) is 11.1 Å². The number of thioether (sulfide) groups is 1. The molecule has 0 spiro atoms. The van der Waals surface area contributed by atoms with Crippen LogP contribution >= 0.6 is 11.8 Å². The molecule has 0 saturated carbocycles. The van der Waals surface area contributed by atoms with E-state index in [1.807, 2.05) is 5.41 Å². The van der Waals surface area contributed by atoms with Gasteiger partial charge in [-0.05, 0) is 18.2 Å². The minimum atomic E-state index is -0.157. The first-order valence-corrected chi connectivity index (χ1v) is 5.10. The van der Waals surface area contributed by atoms with Gasteiger partial charge in [0.15, 0.2) is 0 Å². The van der Waals surface area contributed by atoms with Gasteiger partial charge in [0.1, 0.15) is 5.50 Å². The fourth-order valence-corrected chi connectivity index (χ4v) is 1.78. The van der Waals surface area contributed by atoms with Crippen LogP contribution < -0.4 is 11.1 Å². The summed E-state index contributed by atoms with van der Waals surface area (Å²) in [6.45, 7) is 0. The molecule has 5 heteroatoms. The topological polar surface area (TPSA) is 64.3 Å². The molecule has 0 amide bonds. The number of carbonyl (C=O) groups is 1. The van der Waals surface area contributed by atoms with Gasteiger partial charge in [0.2, 0.25) is 0 Å². The first kappa shape index (κ1) is 10.4. The molecule has 74 valence electrons. The van der Waals surface area contributed by atoms with Crippen LogP contribution in [0.25, 0.3) is 0 Å². The number of nitrogens with two attached hydrogens (primary N) is 1. The van der Waals surface area contributed by atoms with E-state index in [0.29, 0.717) is 6.42 Å². The quantitative estimate of drug-likeness (QED) is 0.659. The van der Waals surface area contributed by atoms with Crippen LogP contribution in [0.3, 0.4) is 0 Å². The molecule has 1 aliphatic rings. The van der Waals surface area contributed by atoms with Crippen molar-refractivity contribution >= 4 is 17.7 Å². The number of rotatable bonds is 4. The highest BCUT2D eigenvalue weighted by atomic mass is 32.2. The lowest BCUT2D eigenvalue weighted by Gasteiger charge is -2.06. The number of allylic oxidation sites excluding steroid dienone is 1. The lowest BCUT2D eigenvalue weighted by Crippen LogP contribution is -2.28. The van der Waals surface area contributed by atoms with E-state index >= 15 is 0 Å². The molecule has 3 N–H and O–H groups in total. The molecule has 0 aromatic carbocycles. The summed E-state index contributed by atoms with van der Waals surface area (Å²) in [6, 6.07) is 0. The highest BCUT2D eigenvalue weighted by Crippen LogP contribution is 2.20. The Morgan fingerprint density at radius 2 is 2.62 bits per heavy atom. The van der Waals surface area contributed by atoms with Crippen LogP contribution in [-0.2, 0) is 9.53 Å². The number of methoxy groups -OCH3 is 1. The van der Waals surface area contributed by atoms with Crippen molar-refractivity contribution in [2.75, 3.05) is 7.11 Å². The van der Waals surface area contributed by atoms with Gasteiger partial charge in [0, 0.05) is 12.1 Å². The summed E-state index contributed by atoms with van der Waals surface area (Å²) in [4.78, 5) is 10.8. The van der Waals surface area contributed by atoms with Crippen LogP contribution in [0.4, 0.5) is 0 Å². The molecule has 0 aromatic rings. The fraction of sp³-hybridized carbons (Fsp3) is 0.625. The molecule has 4 nitrogen and oxygen atoms in total. The van der Waals surface area contributed by atoms with Crippen LogP contribution in [0.5, 0.6) is 0 Å². The lowest BCUT2D eigenvalue weighted by molar-refractivity contribution is -0.140. The SMILES string of the molecule is COC(=O)CCCC1=CSC(N)N1. The highest BCUT2D eigenvalue weighted by molar-refractivity contribution is 8.02. The molecular weight excluding hydrogens is 188 g/mol. The van der Waals surface area contributed by atoms with Crippen molar-refractivity contribution in [2.45, 2.75) is 24.8 Å². The number of ether oxygens (including phenoxy) is 1. The van der Waals surface area contributed by atoms with Crippen molar-refractivity contribution in [2.24, 2.45) is 5.73 Å². The van der Waals surface area contributed by atoms with Gasteiger partial charge in [-0.3, -0.25) is 4.79 Å². The van der Waals surface area contributed by atoms with E-state index in [0.717, 1.165) is 18.5 Å². The number of esters is 1. The third-order valence-corrected chi connectivity index (χ3v) is 2.57. The van der Waals surface area contributed by atoms with E-state index in [1.165, 1.54) is 7.11 Å². The number of carbonyl (C=O) groups excluding carboxylic acids is 1. The van der Waals surface area contributed by atoms with E-state index < -0.39 is 0 Å². The van der Waals surface area contributed by atoms with E-state index in [9.17, 15) is 4.79 Å². The molecule has 1 rings (SSSR count). The van der Waals surface area contributed by atoms with E-state index in [-0.39, 0.29) is 11.5 Å². The Balaban J connectivity index is 2.10. The van der Waals surface area contributed by atoms with Crippen LogP contribution in [0.2, 0.25) is 0 Å². The van der Waals surface area contributed by atoms with Crippen molar-refractivity contribution in [3.8, 4) is 0 Å². The normalized spacial score (nSPS) is 20.8. The Labute approximate surface area is 81.9 Å². The molecule has 0 fully saturated rings. The Bertz CT molecular complexity index is 218. The maximum atomic E-state index is 10.8. The monoisotopic (exact) mass is 202 g/mol. The number of nitrogens with one attached hydrogen (secondary N) is 1. The summed E-state index contributed by atoms with van der Waals surface area (Å²) in [7, 11) is 1.40. The molecular formula is C8H14N2O2S. The second-order valence-electron chi connectivity index (χ2n) is 2.77. The van der Waals surface area contributed by atoms with Gasteiger partial charge in [-0.15, -0.1) is 0 Å². The minimum absolute atomic E-state index is 0.0203. The van der Waals surface area contributed by atoms with Gasteiger partial charge in [-0.1, -0.05) is 11.8 Å². The molecule has 13 heavy (non-hydrogen) atoms. The van der Waals surface area contributed by atoms with Gasteiger partial charge < -0.3 is 15.8 Å². The van der Waals surface area contributed by atoms with Crippen LogP contribution in [0, 0.1) is 0 Å². The molecule has 0 aromatic heterocycles. The van der Waals surface area contributed by atoms with Gasteiger partial charge in [-0.25, -0.2) is 0 Å². The second-order valence-corrected chi connectivity index (χ2v) is 3.79. The summed E-state index contributed by atoms with van der Waals surface area (Å²) in [5.74, 6) is -0.157. The van der Waals surface area contributed by atoms with Gasteiger partial charge >= 0.3 is 5.97 Å². The average molecular weight is 202 g/mol. The predicted octanol–water partition coefficient (Wildman–Crippen LogP) is 0.750. The predicted molar refractivity (Wildman–Crippen MR) is 52.7 cm³/mol. The van der Waals surface area contributed by atoms with Crippen LogP contribution in [0.1, 0.15) is 19.3 Å². The average Bonchev–Trinajstić information content (AvgIpc) is 2.51. The lowest BCUT2D eigenvalue weighted by atomic mass is 10.2. The summed E-state index contributed by atoms with van der Waals surface area (Å²) in [5.41, 5.74) is 6.68. The maximum absolute atomic E-state index is 10.8. The third-order valence-electron chi connectivity index (χ3n) is 1.74. The highest BCUT2D eigenvalue weighted by Gasteiger charge is 2.11. The molecule has 0 bridgehead atoms. The fourth-order valence-electron chi connectivity index (χ4n) is 1.06. The molecule has 0 saturated heterocycles. The molecule has 1 aliphatic heterocycles. The Hall–Kier alpha value is -0.680. The summed E-state index contributed by atoms with van der Waals surface area (Å²) >= 11 is 1.56. The van der Waals surface area contributed by atoms with E-state index in [2.05, 4.69) is 10.1 Å². The van der Waals surface area contributed by atoms with Crippen LogP contribution in [-0.4, -0.2) is 18.6 Å². The van der Waals surface area contributed by atoms with E-state index in [4.69, 9.17) is 5.73 Å². The van der Waals surface area contributed by atoms with Gasteiger partial charge in [0.25, 0.3) is 0 Å². The van der Waals surface area contributed by atoms with E-state index in [1.54, 1.807) is 11.8 Å². The summed E-state index contributed by atoms with van der Waals surface area (Å²) in [6.07, 6.45) is 2.13. The smallest absolute Gasteiger partial charge is 0.305 e. The van der Waals surface area contributed by atoms with Gasteiger partial charge in [-0.2, -0.15) is 0 Å². The van der Waals surface area contributed by atoms with Crippen molar-refractivity contribution < 1.29 is 9.53 Å². The Kier molecular flexibility index (Phi) is 4.11. The first-order chi connectivity index (χ1) is 6.22. The zero-order valence-electron chi connectivity index (χ0n) is 7.58. The van der Waals surface area contributed by atoms with Crippen LogP contribution in [0.15, 0.2) is 11.1 Å². The zero-order chi connectivity index (χ0) is 9.68. The molecule has 0 radical (unpaired) electrons. The zero-order valence-corrected chi connectivity index (χ0v) is 8.39. The minimum Gasteiger partial charge on any atom is -0.469 e. The summed E-state index contributed by atoms with van der Waals surface area (Å²) < 4.78 is 4.53. The number of hydrogen-bond acceptors (Lipinski definition) is 5. The standard InChI is InChI=1S/C8H14N2O2S/c1-12-7(11)4-2-3-6-5-13-8(9)10-6/h5,8,10H,2-4,9H2,1H3. The molecule has 1 atom stereocenters.